The van der Waals surface area contributed by atoms with E-state index in [0.29, 0.717) is 0 Å². The molecule has 1 aliphatic rings. The Morgan fingerprint density at radius 3 is 1.46 bits per heavy atom. The van der Waals surface area contributed by atoms with Crippen LogP contribution in [0.4, 0.5) is 0 Å². The minimum absolute atomic E-state index is 0.581. The molecule has 0 aromatic carbocycles. The summed E-state index contributed by atoms with van der Waals surface area (Å²) in [7, 11) is 0. The van der Waals surface area contributed by atoms with E-state index < -0.39 is 29.4 Å². The van der Waals surface area contributed by atoms with Crippen LogP contribution in [0.1, 0.15) is 27.7 Å². The molecule has 0 aromatic heterocycles. The first-order valence-corrected chi connectivity index (χ1v) is 4.52. The van der Waals surface area contributed by atoms with E-state index in [0.717, 1.165) is 0 Å². The SMILES string of the molecule is CC1(C)NC(C)(C)C(O)C(O)C1O. The van der Waals surface area contributed by atoms with Gasteiger partial charge in [-0.05, 0) is 27.7 Å². The summed E-state index contributed by atoms with van der Waals surface area (Å²) in [5, 5.41) is 32.0. The highest BCUT2D eigenvalue weighted by atomic mass is 16.4. The van der Waals surface area contributed by atoms with Gasteiger partial charge in [0.2, 0.25) is 0 Å². The van der Waals surface area contributed by atoms with Crippen molar-refractivity contribution < 1.29 is 15.3 Å². The van der Waals surface area contributed by atoms with Crippen LogP contribution in [0.25, 0.3) is 0 Å². The zero-order valence-electron chi connectivity index (χ0n) is 8.57. The minimum Gasteiger partial charge on any atom is -0.388 e. The van der Waals surface area contributed by atoms with Crippen LogP contribution in [0.5, 0.6) is 0 Å². The van der Waals surface area contributed by atoms with Gasteiger partial charge in [-0.15, -0.1) is 0 Å². The van der Waals surface area contributed by atoms with Crippen LogP contribution in [-0.4, -0.2) is 44.7 Å². The number of aliphatic hydroxyl groups is 3. The average Bonchev–Trinajstić information content (AvgIpc) is 1.96. The smallest absolute Gasteiger partial charge is 0.109 e. The second kappa shape index (κ2) is 2.92. The van der Waals surface area contributed by atoms with Gasteiger partial charge in [0.05, 0.1) is 0 Å². The van der Waals surface area contributed by atoms with Gasteiger partial charge in [-0.1, -0.05) is 0 Å². The third kappa shape index (κ3) is 1.72. The van der Waals surface area contributed by atoms with Gasteiger partial charge in [0.1, 0.15) is 18.3 Å². The third-order valence-electron chi connectivity index (χ3n) is 2.77. The molecule has 2 unspecified atom stereocenters. The molecule has 78 valence electrons. The molecular weight excluding hydrogens is 170 g/mol. The summed E-state index contributed by atoms with van der Waals surface area (Å²) in [6.07, 6.45) is -2.99. The summed E-state index contributed by atoms with van der Waals surface area (Å²) in [5.74, 6) is 0. The summed E-state index contributed by atoms with van der Waals surface area (Å²) < 4.78 is 0. The highest BCUT2D eigenvalue weighted by molar-refractivity contribution is 5.08. The number of aliphatic hydroxyl groups excluding tert-OH is 3. The predicted molar refractivity (Wildman–Crippen MR) is 49.3 cm³/mol. The molecule has 0 amide bonds. The number of hydrogen-bond acceptors (Lipinski definition) is 4. The first-order chi connectivity index (χ1) is 5.68. The first kappa shape index (κ1) is 10.9. The normalized spacial score (nSPS) is 43.2. The maximum absolute atomic E-state index is 9.64. The Bertz CT molecular complexity index is 183. The van der Waals surface area contributed by atoms with Crippen LogP contribution >= 0.6 is 0 Å². The summed E-state index contributed by atoms with van der Waals surface area (Å²) in [5.41, 5.74) is -1.16. The van der Waals surface area contributed by atoms with Crippen LogP contribution in [0.3, 0.4) is 0 Å². The van der Waals surface area contributed by atoms with Crippen molar-refractivity contribution in [2.24, 2.45) is 0 Å². The zero-order chi connectivity index (χ0) is 10.4. The highest BCUT2D eigenvalue weighted by Gasteiger charge is 2.50. The van der Waals surface area contributed by atoms with E-state index in [4.69, 9.17) is 0 Å². The monoisotopic (exact) mass is 189 g/mol. The van der Waals surface area contributed by atoms with E-state index in [1.807, 2.05) is 0 Å². The molecule has 1 aliphatic heterocycles. The Balaban J connectivity index is 2.93. The van der Waals surface area contributed by atoms with E-state index in [1.54, 1.807) is 27.7 Å². The molecule has 0 aliphatic carbocycles. The Morgan fingerprint density at radius 1 is 0.846 bits per heavy atom. The van der Waals surface area contributed by atoms with Crippen LogP contribution in [-0.2, 0) is 0 Å². The van der Waals surface area contributed by atoms with E-state index in [9.17, 15) is 15.3 Å². The van der Waals surface area contributed by atoms with Crippen molar-refractivity contribution in [3.05, 3.63) is 0 Å². The molecule has 0 bridgehead atoms. The number of nitrogens with one attached hydrogen (secondary N) is 1. The van der Waals surface area contributed by atoms with E-state index in [1.165, 1.54) is 0 Å². The molecule has 4 N–H and O–H groups in total. The largest absolute Gasteiger partial charge is 0.388 e. The molecule has 0 aromatic rings. The third-order valence-corrected chi connectivity index (χ3v) is 2.77. The fraction of sp³-hybridized carbons (Fsp3) is 1.00. The molecule has 0 radical (unpaired) electrons. The number of rotatable bonds is 0. The van der Waals surface area contributed by atoms with E-state index in [-0.39, 0.29) is 0 Å². The average molecular weight is 189 g/mol. The molecule has 1 heterocycles. The first-order valence-electron chi connectivity index (χ1n) is 4.52. The van der Waals surface area contributed by atoms with Gasteiger partial charge >= 0.3 is 0 Å². The lowest BCUT2D eigenvalue weighted by Crippen LogP contribution is -2.73. The quantitative estimate of drug-likeness (QED) is 0.404. The molecule has 4 heteroatoms. The van der Waals surface area contributed by atoms with Gasteiger partial charge in [0, 0.05) is 11.1 Å². The summed E-state index contributed by atoms with van der Waals surface area (Å²) in [4.78, 5) is 0. The molecule has 1 saturated heterocycles. The molecule has 0 spiro atoms. The fourth-order valence-electron chi connectivity index (χ4n) is 2.00. The van der Waals surface area contributed by atoms with Crippen molar-refractivity contribution in [2.75, 3.05) is 0 Å². The second-order valence-corrected chi connectivity index (χ2v) is 4.95. The van der Waals surface area contributed by atoms with Crippen molar-refractivity contribution in [3.8, 4) is 0 Å². The maximum atomic E-state index is 9.64. The topological polar surface area (TPSA) is 72.7 Å². The van der Waals surface area contributed by atoms with Gasteiger partial charge in [0.25, 0.3) is 0 Å². The van der Waals surface area contributed by atoms with Crippen LogP contribution in [0.15, 0.2) is 0 Å². The Hall–Kier alpha value is -0.160. The van der Waals surface area contributed by atoms with Crippen molar-refractivity contribution in [1.82, 2.24) is 5.32 Å². The standard InChI is InChI=1S/C9H19NO3/c1-8(2)6(12)5(11)7(13)9(3,4)10-8/h5-7,10-13H,1-4H3. The Kier molecular flexibility index (Phi) is 2.45. The van der Waals surface area contributed by atoms with Gasteiger partial charge in [-0.2, -0.15) is 0 Å². The number of piperidine rings is 1. The molecule has 13 heavy (non-hydrogen) atoms. The van der Waals surface area contributed by atoms with Crippen molar-refractivity contribution in [2.45, 2.75) is 57.1 Å². The molecular formula is C9H19NO3. The molecule has 1 fully saturated rings. The van der Waals surface area contributed by atoms with E-state index in [2.05, 4.69) is 5.32 Å². The Labute approximate surface area is 78.6 Å². The lowest BCUT2D eigenvalue weighted by molar-refractivity contribution is -0.152. The van der Waals surface area contributed by atoms with Gasteiger partial charge in [0.15, 0.2) is 0 Å². The summed E-state index contributed by atoms with van der Waals surface area (Å²) >= 11 is 0. The lowest BCUT2D eigenvalue weighted by atomic mass is 9.77. The van der Waals surface area contributed by atoms with Crippen LogP contribution in [0, 0.1) is 0 Å². The van der Waals surface area contributed by atoms with Gasteiger partial charge in [-0.25, -0.2) is 0 Å². The predicted octanol–water partition coefficient (Wildman–Crippen LogP) is -0.771. The second-order valence-electron chi connectivity index (χ2n) is 4.95. The van der Waals surface area contributed by atoms with Gasteiger partial charge < -0.3 is 20.6 Å². The number of hydrogen-bond donors (Lipinski definition) is 4. The highest BCUT2D eigenvalue weighted by Crippen LogP contribution is 2.29. The van der Waals surface area contributed by atoms with Crippen LogP contribution < -0.4 is 5.32 Å². The summed E-state index contributed by atoms with van der Waals surface area (Å²) in [6, 6.07) is 0. The molecule has 4 nitrogen and oxygen atoms in total. The van der Waals surface area contributed by atoms with Crippen molar-refractivity contribution in [3.63, 3.8) is 0 Å². The molecule has 0 saturated carbocycles. The van der Waals surface area contributed by atoms with E-state index >= 15 is 0 Å². The fourth-order valence-corrected chi connectivity index (χ4v) is 2.00. The van der Waals surface area contributed by atoms with Crippen molar-refractivity contribution in [1.29, 1.82) is 0 Å². The maximum Gasteiger partial charge on any atom is 0.109 e. The minimum atomic E-state index is -1.09. The lowest BCUT2D eigenvalue weighted by Gasteiger charge is -2.51. The molecule has 2 atom stereocenters. The van der Waals surface area contributed by atoms with Crippen LogP contribution in [0.2, 0.25) is 0 Å². The van der Waals surface area contributed by atoms with Crippen molar-refractivity contribution >= 4 is 0 Å². The summed E-state index contributed by atoms with van der Waals surface area (Å²) in [6.45, 7) is 7.20. The van der Waals surface area contributed by atoms with Gasteiger partial charge in [-0.3, -0.25) is 0 Å². The Morgan fingerprint density at radius 2 is 1.15 bits per heavy atom. The molecule has 1 rings (SSSR count). The zero-order valence-corrected chi connectivity index (χ0v) is 8.57.